The van der Waals surface area contributed by atoms with E-state index in [1.165, 1.54) is 10.6 Å². The fraction of sp³-hybridized carbons (Fsp3) is 0.562. The van der Waals surface area contributed by atoms with Gasteiger partial charge in [0.15, 0.2) is 0 Å². The number of carbonyl (C=O) groups excluding carboxylic acids is 1. The number of amides is 1. The summed E-state index contributed by atoms with van der Waals surface area (Å²) in [5.41, 5.74) is 1.01. The number of carbonyl (C=O) groups is 1. The lowest BCUT2D eigenvalue weighted by Crippen LogP contribution is -2.38. The van der Waals surface area contributed by atoms with E-state index in [-0.39, 0.29) is 24.9 Å². The highest BCUT2D eigenvalue weighted by molar-refractivity contribution is 7.88. The number of hydrogen-bond donors (Lipinski definition) is 1. The Hall–Kier alpha value is -1.11. The Balaban J connectivity index is 2.56. The van der Waals surface area contributed by atoms with Crippen LogP contribution in [0.25, 0.3) is 0 Å². The quantitative estimate of drug-likeness (QED) is 0.735. The van der Waals surface area contributed by atoms with Gasteiger partial charge in [-0.2, -0.15) is 0 Å². The zero-order chi connectivity index (χ0) is 17.5. The second kappa shape index (κ2) is 9.25. The third-order valence-corrected chi connectivity index (χ3v) is 5.20. The van der Waals surface area contributed by atoms with Crippen molar-refractivity contribution in [2.45, 2.75) is 39.2 Å². The van der Waals surface area contributed by atoms with Crippen molar-refractivity contribution >= 4 is 27.5 Å². The van der Waals surface area contributed by atoms with Crippen molar-refractivity contribution in [3.8, 4) is 0 Å². The molecular formula is C16H25ClN2O3S. The summed E-state index contributed by atoms with van der Waals surface area (Å²) in [7, 11) is -3.35. The standard InChI is InChI=1S/C16H25ClN2O3S/c1-4-13(2)18-16(20)10-12-19(23(3,21)22)11-9-14-5-7-15(17)8-6-14/h5-8,13H,4,9-12H2,1-3H3,(H,18,20). The largest absolute Gasteiger partial charge is 0.354 e. The summed E-state index contributed by atoms with van der Waals surface area (Å²) >= 11 is 5.83. The maximum atomic E-state index is 11.9. The van der Waals surface area contributed by atoms with Gasteiger partial charge in [-0.25, -0.2) is 12.7 Å². The summed E-state index contributed by atoms with van der Waals surface area (Å²) in [5, 5.41) is 3.49. The summed E-state index contributed by atoms with van der Waals surface area (Å²) in [4.78, 5) is 11.8. The highest BCUT2D eigenvalue weighted by atomic mass is 35.5. The second-order valence-corrected chi connectivity index (χ2v) is 8.08. The third-order valence-electron chi connectivity index (χ3n) is 3.64. The normalized spacial score (nSPS) is 13.1. The summed E-state index contributed by atoms with van der Waals surface area (Å²) in [6.45, 7) is 4.44. The van der Waals surface area contributed by atoms with Gasteiger partial charge in [-0.1, -0.05) is 30.7 Å². The molecule has 7 heteroatoms. The molecule has 0 aromatic heterocycles. The first-order valence-corrected chi connectivity index (χ1v) is 9.94. The van der Waals surface area contributed by atoms with Crippen LogP contribution in [0.1, 0.15) is 32.3 Å². The summed E-state index contributed by atoms with van der Waals surface area (Å²) < 4.78 is 25.1. The van der Waals surface area contributed by atoms with Crippen molar-refractivity contribution < 1.29 is 13.2 Å². The number of nitrogens with zero attached hydrogens (tertiary/aromatic N) is 1. The third kappa shape index (κ3) is 7.81. The number of rotatable bonds is 9. The van der Waals surface area contributed by atoms with Gasteiger partial charge in [-0.3, -0.25) is 4.79 Å². The smallest absolute Gasteiger partial charge is 0.221 e. The van der Waals surface area contributed by atoms with E-state index < -0.39 is 10.0 Å². The average Bonchev–Trinajstić information content (AvgIpc) is 2.47. The minimum absolute atomic E-state index is 0.100. The number of sulfonamides is 1. The highest BCUT2D eigenvalue weighted by Gasteiger charge is 2.18. The molecule has 0 spiro atoms. The van der Waals surface area contributed by atoms with Gasteiger partial charge >= 0.3 is 0 Å². The molecule has 0 saturated carbocycles. The van der Waals surface area contributed by atoms with Crippen molar-refractivity contribution in [3.05, 3.63) is 34.9 Å². The van der Waals surface area contributed by atoms with Crippen molar-refractivity contribution in [1.82, 2.24) is 9.62 Å². The van der Waals surface area contributed by atoms with Crippen LogP contribution < -0.4 is 5.32 Å². The first-order valence-electron chi connectivity index (χ1n) is 7.71. The van der Waals surface area contributed by atoms with Gasteiger partial charge in [0.2, 0.25) is 15.9 Å². The van der Waals surface area contributed by atoms with E-state index in [9.17, 15) is 13.2 Å². The highest BCUT2D eigenvalue weighted by Crippen LogP contribution is 2.11. The SMILES string of the molecule is CCC(C)NC(=O)CCN(CCc1ccc(Cl)cc1)S(C)(=O)=O. The molecule has 0 aliphatic rings. The molecule has 1 N–H and O–H groups in total. The molecular weight excluding hydrogens is 336 g/mol. The van der Waals surface area contributed by atoms with E-state index in [4.69, 9.17) is 11.6 Å². The molecule has 23 heavy (non-hydrogen) atoms. The molecule has 130 valence electrons. The lowest BCUT2D eigenvalue weighted by Gasteiger charge is -2.20. The summed E-state index contributed by atoms with van der Waals surface area (Å²) in [6.07, 6.45) is 2.76. The molecule has 0 aliphatic heterocycles. The van der Waals surface area contributed by atoms with E-state index in [2.05, 4.69) is 5.32 Å². The van der Waals surface area contributed by atoms with E-state index in [1.807, 2.05) is 26.0 Å². The zero-order valence-electron chi connectivity index (χ0n) is 13.9. The molecule has 0 fully saturated rings. The molecule has 1 amide bonds. The summed E-state index contributed by atoms with van der Waals surface area (Å²) in [5.74, 6) is -0.125. The van der Waals surface area contributed by atoms with Crippen LogP contribution in [0, 0.1) is 0 Å². The van der Waals surface area contributed by atoms with Gasteiger partial charge < -0.3 is 5.32 Å². The van der Waals surface area contributed by atoms with Crippen molar-refractivity contribution in [3.63, 3.8) is 0 Å². The van der Waals surface area contributed by atoms with Crippen LogP contribution in [0.3, 0.4) is 0 Å². The molecule has 1 aromatic carbocycles. The number of nitrogens with one attached hydrogen (secondary N) is 1. The molecule has 1 aromatic rings. The van der Waals surface area contributed by atoms with E-state index in [0.717, 1.165) is 12.0 Å². The Morgan fingerprint density at radius 1 is 1.26 bits per heavy atom. The van der Waals surface area contributed by atoms with Crippen LogP contribution in [-0.4, -0.2) is 44.0 Å². The first kappa shape index (κ1) is 19.9. The van der Waals surface area contributed by atoms with Gasteiger partial charge in [0.1, 0.15) is 0 Å². The zero-order valence-corrected chi connectivity index (χ0v) is 15.5. The van der Waals surface area contributed by atoms with Gasteiger partial charge in [-0.15, -0.1) is 0 Å². The number of halogens is 1. The minimum atomic E-state index is -3.35. The lowest BCUT2D eigenvalue weighted by molar-refractivity contribution is -0.121. The molecule has 0 bridgehead atoms. The van der Waals surface area contributed by atoms with Crippen LogP contribution in [0.5, 0.6) is 0 Å². The van der Waals surface area contributed by atoms with Gasteiger partial charge in [0.05, 0.1) is 6.26 Å². The molecule has 0 aliphatic carbocycles. The Bertz CT molecular complexity index is 602. The number of benzene rings is 1. The van der Waals surface area contributed by atoms with Crippen molar-refractivity contribution in [1.29, 1.82) is 0 Å². The Labute approximate surface area is 144 Å². The number of hydrogen-bond acceptors (Lipinski definition) is 3. The average molecular weight is 361 g/mol. The van der Waals surface area contributed by atoms with Gasteiger partial charge in [0.25, 0.3) is 0 Å². The second-order valence-electron chi connectivity index (χ2n) is 5.67. The predicted octanol–water partition coefficient (Wildman–Crippen LogP) is 2.45. The van der Waals surface area contributed by atoms with Crippen LogP contribution >= 0.6 is 11.6 Å². The summed E-state index contributed by atoms with van der Waals surface area (Å²) in [6, 6.07) is 7.41. The predicted molar refractivity (Wildman–Crippen MR) is 94.1 cm³/mol. The molecule has 1 unspecified atom stereocenters. The Kier molecular flexibility index (Phi) is 8.02. The minimum Gasteiger partial charge on any atom is -0.354 e. The van der Waals surface area contributed by atoms with E-state index in [1.54, 1.807) is 12.1 Å². The molecule has 1 rings (SSSR count). The van der Waals surface area contributed by atoms with Crippen LogP contribution in [-0.2, 0) is 21.2 Å². The Morgan fingerprint density at radius 2 is 1.87 bits per heavy atom. The van der Waals surface area contributed by atoms with Crippen LogP contribution in [0.15, 0.2) is 24.3 Å². The molecule has 0 heterocycles. The lowest BCUT2D eigenvalue weighted by atomic mass is 10.1. The molecule has 5 nitrogen and oxygen atoms in total. The van der Waals surface area contributed by atoms with Gasteiger partial charge in [0, 0.05) is 30.6 Å². The first-order chi connectivity index (χ1) is 10.7. The van der Waals surface area contributed by atoms with Crippen LogP contribution in [0.2, 0.25) is 5.02 Å². The van der Waals surface area contributed by atoms with Gasteiger partial charge in [-0.05, 0) is 37.5 Å². The van der Waals surface area contributed by atoms with Crippen LogP contribution in [0.4, 0.5) is 0 Å². The Morgan fingerprint density at radius 3 is 2.39 bits per heavy atom. The molecule has 0 radical (unpaired) electrons. The fourth-order valence-electron chi connectivity index (χ4n) is 2.02. The maximum Gasteiger partial charge on any atom is 0.221 e. The maximum absolute atomic E-state index is 11.9. The monoisotopic (exact) mass is 360 g/mol. The molecule has 1 atom stereocenters. The molecule has 0 saturated heterocycles. The van der Waals surface area contributed by atoms with E-state index >= 15 is 0 Å². The topological polar surface area (TPSA) is 66.5 Å². The van der Waals surface area contributed by atoms with Crippen molar-refractivity contribution in [2.75, 3.05) is 19.3 Å². The van der Waals surface area contributed by atoms with Crippen molar-refractivity contribution in [2.24, 2.45) is 0 Å². The van der Waals surface area contributed by atoms with E-state index in [0.29, 0.717) is 18.0 Å². The fourth-order valence-corrected chi connectivity index (χ4v) is 3.00.